The van der Waals surface area contributed by atoms with Crippen molar-refractivity contribution in [3.05, 3.63) is 65.7 Å². The lowest BCUT2D eigenvalue weighted by Gasteiger charge is -2.24. The van der Waals surface area contributed by atoms with E-state index in [4.69, 9.17) is 4.74 Å². The van der Waals surface area contributed by atoms with Gasteiger partial charge in [0.05, 0.1) is 6.54 Å². The number of carbonyl (C=O) groups is 1. The standard InChI is InChI=1S/C21H28N2O2/c1-4-23(16-19-8-6-5-7-9-19)21(24)17-22(3)14-15-25-20-12-10-18(2)11-13-20/h5-13H,4,14-17H2,1-3H3. The second-order valence-electron chi connectivity index (χ2n) is 6.29. The highest BCUT2D eigenvalue weighted by molar-refractivity contribution is 5.78. The van der Waals surface area contributed by atoms with Crippen molar-refractivity contribution in [3.8, 4) is 5.75 Å². The number of nitrogens with zero attached hydrogens (tertiary/aromatic N) is 2. The molecule has 1 amide bonds. The van der Waals surface area contributed by atoms with Gasteiger partial charge in [-0.2, -0.15) is 0 Å². The Morgan fingerprint density at radius 1 is 1.04 bits per heavy atom. The number of hydrogen-bond donors (Lipinski definition) is 0. The molecule has 0 aliphatic carbocycles. The molecule has 0 fully saturated rings. The molecule has 0 aromatic heterocycles. The van der Waals surface area contributed by atoms with Crippen molar-refractivity contribution in [1.82, 2.24) is 9.80 Å². The van der Waals surface area contributed by atoms with E-state index in [9.17, 15) is 4.79 Å². The third-order valence-electron chi connectivity index (χ3n) is 4.12. The Morgan fingerprint density at radius 3 is 2.36 bits per heavy atom. The van der Waals surface area contributed by atoms with Gasteiger partial charge in [-0.15, -0.1) is 0 Å². The zero-order valence-electron chi connectivity index (χ0n) is 15.4. The number of ether oxygens (including phenoxy) is 1. The molecule has 134 valence electrons. The topological polar surface area (TPSA) is 32.8 Å². The molecule has 0 radical (unpaired) electrons. The fourth-order valence-electron chi connectivity index (χ4n) is 2.54. The molecular weight excluding hydrogens is 312 g/mol. The third kappa shape index (κ3) is 6.59. The monoisotopic (exact) mass is 340 g/mol. The summed E-state index contributed by atoms with van der Waals surface area (Å²) >= 11 is 0. The molecule has 0 aliphatic heterocycles. The minimum absolute atomic E-state index is 0.143. The Kier molecular flexibility index (Phi) is 7.48. The number of hydrogen-bond acceptors (Lipinski definition) is 3. The average molecular weight is 340 g/mol. The van der Waals surface area contributed by atoms with E-state index < -0.39 is 0 Å². The van der Waals surface area contributed by atoms with Crippen LogP contribution in [0.3, 0.4) is 0 Å². The zero-order valence-corrected chi connectivity index (χ0v) is 15.4. The highest BCUT2D eigenvalue weighted by Crippen LogP contribution is 2.11. The largest absolute Gasteiger partial charge is 0.492 e. The molecule has 0 heterocycles. The van der Waals surface area contributed by atoms with Crippen molar-refractivity contribution in [3.63, 3.8) is 0 Å². The molecule has 0 atom stereocenters. The summed E-state index contributed by atoms with van der Waals surface area (Å²) in [6.45, 7) is 7.11. The number of likely N-dealkylation sites (N-methyl/N-ethyl adjacent to an activating group) is 2. The number of benzene rings is 2. The van der Waals surface area contributed by atoms with Gasteiger partial charge in [-0.1, -0.05) is 48.0 Å². The van der Waals surface area contributed by atoms with Gasteiger partial charge in [0.15, 0.2) is 0 Å². The SMILES string of the molecule is CCN(Cc1ccccc1)C(=O)CN(C)CCOc1ccc(C)cc1. The molecule has 0 unspecified atom stereocenters. The molecule has 0 saturated carbocycles. The third-order valence-corrected chi connectivity index (χ3v) is 4.12. The van der Waals surface area contributed by atoms with E-state index in [0.717, 1.165) is 11.3 Å². The van der Waals surface area contributed by atoms with Crippen molar-refractivity contribution in [1.29, 1.82) is 0 Å². The van der Waals surface area contributed by atoms with Crippen molar-refractivity contribution >= 4 is 5.91 Å². The minimum Gasteiger partial charge on any atom is -0.492 e. The molecule has 0 N–H and O–H groups in total. The van der Waals surface area contributed by atoms with Crippen molar-refractivity contribution in [2.24, 2.45) is 0 Å². The lowest BCUT2D eigenvalue weighted by molar-refractivity contribution is -0.132. The first-order chi connectivity index (χ1) is 12.1. The van der Waals surface area contributed by atoms with E-state index in [-0.39, 0.29) is 5.91 Å². The van der Waals surface area contributed by atoms with Crippen LogP contribution in [0.4, 0.5) is 0 Å². The van der Waals surface area contributed by atoms with Crippen molar-refractivity contribution in [2.45, 2.75) is 20.4 Å². The lowest BCUT2D eigenvalue weighted by Crippen LogP contribution is -2.39. The maximum absolute atomic E-state index is 12.5. The van der Waals surface area contributed by atoms with Gasteiger partial charge in [0.25, 0.3) is 0 Å². The minimum atomic E-state index is 0.143. The van der Waals surface area contributed by atoms with Crippen LogP contribution in [0.25, 0.3) is 0 Å². The van der Waals surface area contributed by atoms with Gasteiger partial charge in [0.1, 0.15) is 12.4 Å². The van der Waals surface area contributed by atoms with E-state index in [1.165, 1.54) is 5.56 Å². The summed E-state index contributed by atoms with van der Waals surface area (Å²) in [6.07, 6.45) is 0. The van der Waals surface area contributed by atoms with Gasteiger partial charge < -0.3 is 9.64 Å². The predicted molar refractivity (Wildman–Crippen MR) is 102 cm³/mol. The summed E-state index contributed by atoms with van der Waals surface area (Å²) in [7, 11) is 1.95. The fourth-order valence-corrected chi connectivity index (χ4v) is 2.54. The van der Waals surface area contributed by atoms with Crippen LogP contribution >= 0.6 is 0 Å². The number of carbonyl (C=O) groups excluding carboxylic acids is 1. The van der Waals surface area contributed by atoms with Crippen LogP contribution in [-0.2, 0) is 11.3 Å². The van der Waals surface area contributed by atoms with Crippen LogP contribution in [0.15, 0.2) is 54.6 Å². The van der Waals surface area contributed by atoms with Crippen LogP contribution in [0.5, 0.6) is 5.75 Å². The summed E-state index contributed by atoms with van der Waals surface area (Å²) in [5.74, 6) is 1.01. The normalized spacial score (nSPS) is 10.7. The first-order valence-electron chi connectivity index (χ1n) is 8.78. The van der Waals surface area contributed by atoms with Crippen molar-refractivity contribution < 1.29 is 9.53 Å². The van der Waals surface area contributed by atoms with E-state index in [1.807, 2.05) is 66.2 Å². The van der Waals surface area contributed by atoms with Crippen LogP contribution in [0.2, 0.25) is 0 Å². The van der Waals surface area contributed by atoms with E-state index in [0.29, 0.717) is 32.8 Å². The van der Waals surface area contributed by atoms with Crippen LogP contribution in [0.1, 0.15) is 18.1 Å². The zero-order chi connectivity index (χ0) is 18.1. The fraction of sp³-hybridized carbons (Fsp3) is 0.381. The van der Waals surface area contributed by atoms with Gasteiger partial charge in [-0.25, -0.2) is 0 Å². The smallest absolute Gasteiger partial charge is 0.237 e. The number of aryl methyl sites for hydroxylation is 1. The van der Waals surface area contributed by atoms with Crippen molar-refractivity contribution in [2.75, 3.05) is 33.3 Å². The number of amides is 1. The van der Waals surface area contributed by atoms with Crippen LogP contribution in [0, 0.1) is 6.92 Å². The van der Waals surface area contributed by atoms with Crippen LogP contribution in [-0.4, -0.2) is 49.0 Å². The summed E-state index contributed by atoms with van der Waals surface area (Å²) < 4.78 is 5.73. The van der Waals surface area contributed by atoms with E-state index in [1.54, 1.807) is 0 Å². The summed E-state index contributed by atoms with van der Waals surface area (Å²) in [5.41, 5.74) is 2.37. The summed E-state index contributed by atoms with van der Waals surface area (Å²) in [4.78, 5) is 16.4. The Balaban J connectivity index is 1.75. The predicted octanol–water partition coefficient (Wildman–Crippen LogP) is 3.35. The molecule has 2 aromatic rings. The van der Waals surface area contributed by atoms with Gasteiger partial charge in [0.2, 0.25) is 5.91 Å². The van der Waals surface area contributed by atoms with Gasteiger partial charge in [-0.05, 0) is 38.6 Å². The highest BCUT2D eigenvalue weighted by atomic mass is 16.5. The summed E-state index contributed by atoms with van der Waals surface area (Å²) in [6, 6.07) is 18.1. The highest BCUT2D eigenvalue weighted by Gasteiger charge is 2.14. The maximum atomic E-state index is 12.5. The maximum Gasteiger partial charge on any atom is 0.237 e. The Hall–Kier alpha value is -2.33. The molecule has 0 bridgehead atoms. The van der Waals surface area contributed by atoms with E-state index >= 15 is 0 Å². The molecule has 4 nitrogen and oxygen atoms in total. The Bertz CT molecular complexity index is 641. The molecule has 4 heteroatoms. The Morgan fingerprint density at radius 2 is 1.72 bits per heavy atom. The summed E-state index contributed by atoms with van der Waals surface area (Å²) in [5, 5.41) is 0. The van der Waals surface area contributed by atoms with Crippen LogP contribution < -0.4 is 4.74 Å². The first-order valence-corrected chi connectivity index (χ1v) is 8.78. The molecule has 0 saturated heterocycles. The van der Waals surface area contributed by atoms with Gasteiger partial charge in [-0.3, -0.25) is 9.69 Å². The second kappa shape index (κ2) is 9.84. The van der Waals surface area contributed by atoms with Gasteiger partial charge in [0, 0.05) is 19.6 Å². The molecule has 2 rings (SSSR count). The van der Waals surface area contributed by atoms with E-state index in [2.05, 4.69) is 19.1 Å². The molecular formula is C21H28N2O2. The molecule has 0 spiro atoms. The Labute approximate surface area is 151 Å². The molecule has 25 heavy (non-hydrogen) atoms. The average Bonchev–Trinajstić information content (AvgIpc) is 2.62. The number of rotatable bonds is 9. The van der Waals surface area contributed by atoms with Gasteiger partial charge >= 0.3 is 0 Å². The quantitative estimate of drug-likeness (QED) is 0.702. The lowest BCUT2D eigenvalue weighted by atomic mass is 10.2. The first kappa shape index (κ1) is 19.0. The second-order valence-corrected chi connectivity index (χ2v) is 6.29. The molecule has 0 aliphatic rings. The molecule has 2 aromatic carbocycles.